The van der Waals surface area contributed by atoms with Crippen molar-refractivity contribution in [1.82, 2.24) is 19.8 Å². The Kier molecular flexibility index (Phi) is 7.82. The van der Waals surface area contributed by atoms with E-state index in [-0.39, 0.29) is 24.9 Å². The molecule has 3 N–H and O–H groups in total. The molecule has 0 saturated carbocycles. The highest BCUT2D eigenvalue weighted by Gasteiger charge is 2.23. The minimum atomic E-state index is -0.485. The number of nitrogens with zero attached hydrogens (tertiary/aromatic N) is 2. The Bertz CT molecular complexity index is 1250. The van der Waals surface area contributed by atoms with Gasteiger partial charge in [0.15, 0.2) is 0 Å². The summed E-state index contributed by atoms with van der Waals surface area (Å²) in [6.45, 7) is 6.34. The zero-order chi connectivity index (χ0) is 24.8. The Balaban J connectivity index is 1.34. The lowest BCUT2D eigenvalue weighted by atomic mass is 10.0. The van der Waals surface area contributed by atoms with Crippen molar-refractivity contribution in [1.29, 1.82) is 0 Å². The number of carbonyl (C=O) groups excluding carboxylic acids is 1. The molecule has 2 heterocycles. The smallest absolute Gasteiger partial charge is 0.329 e. The first-order valence-corrected chi connectivity index (χ1v) is 12.2. The predicted octanol–water partition coefficient (Wildman–Crippen LogP) is 3.10. The van der Waals surface area contributed by atoms with Crippen molar-refractivity contribution >= 4 is 17.4 Å². The second kappa shape index (κ2) is 11.2. The molecule has 35 heavy (non-hydrogen) atoms. The number of amides is 1. The van der Waals surface area contributed by atoms with Gasteiger partial charge in [-0.25, -0.2) is 4.79 Å². The molecule has 4 rings (SSSR count). The predicted molar refractivity (Wildman–Crippen MR) is 138 cm³/mol. The number of aryl methyl sites for hydroxylation is 2. The molecule has 0 aliphatic carbocycles. The first-order valence-electron chi connectivity index (χ1n) is 12.2. The molecule has 0 spiro atoms. The van der Waals surface area contributed by atoms with E-state index in [4.69, 9.17) is 0 Å². The maximum atomic E-state index is 12.8. The fourth-order valence-electron chi connectivity index (χ4n) is 4.52. The third-order valence-corrected chi connectivity index (χ3v) is 6.53. The standard InChI is InChI=1S/C27H33N5O3/c1-3-20-16-22(12-11-19(20)2)29-24-17-26(34)32(27(35)30-24)14-7-10-25(33)31-15-13-28-23(18-31)21-8-5-4-6-9-21/h4-6,8-9,11-12,16-17,23,28-29H,3,7,10,13-15,18H2,1-2H3,(H,30,35). The van der Waals surface area contributed by atoms with Crippen molar-refractivity contribution in [3.05, 3.63) is 92.1 Å². The summed E-state index contributed by atoms with van der Waals surface area (Å²) in [5, 5.41) is 6.57. The maximum Gasteiger partial charge on any atom is 0.329 e. The van der Waals surface area contributed by atoms with Crippen molar-refractivity contribution in [2.75, 3.05) is 25.0 Å². The van der Waals surface area contributed by atoms with Crippen molar-refractivity contribution in [2.45, 2.75) is 45.7 Å². The van der Waals surface area contributed by atoms with E-state index in [1.54, 1.807) is 0 Å². The van der Waals surface area contributed by atoms with Crippen LogP contribution < -0.4 is 21.9 Å². The highest BCUT2D eigenvalue weighted by Crippen LogP contribution is 2.19. The highest BCUT2D eigenvalue weighted by molar-refractivity contribution is 5.76. The summed E-state index contributed by atoms with van der Waals surface area (Å²) in [6, 6.07) is 17.5. The summed E-state index contributed by atoms with van der Waals surface area (Å²) in [4.78, 5) is 42.6. The number of hydrogen-bond donors (Lipinski definition) is 3. The number of nitrogens with one attached hydrogen (secondary N) is 3. The van der Waals surface area contributed by atoms with Crippen molar-refractivity contribution in [2.24, 2.45) is 0 Å². The second-order valence-electron chi connectivity index (χ2n) is 8.96. The summed E-state index contributed by atoms with van der Waals surface area (Å²) in [6.07, 6.45) is 1.61. The maximum absolute atomic E-state index is 12.8. The van der Waals surface area contributed by atoms with Gasteiger partial charge >= 0.3 is 5.69 Å². The zero-order valence-corrected chi connectivity index (χ0v) is 20.3. The summed E-state index contributed by atoms with van der Waals surface area (Å²) >= 11 is 0. The highest BCUT2D eigenvalue weighted by atomic mass is 16.2. The van der Waals surface area contributed by atoms with Gasteiger partial charge in [-0.3, -0.25) is 19.1 Å². The Morgan fingerprint density at radius 2 is 1.91 bits per heavy atom. The lowest BCUT2D eigenvalue weighted by Gasteiger charge is -2.34. The Morgan fingerprint density at radius 1 is 1.11 bits per heavy atom. The zero-order valence-electron chi connectivity index (χ0n) is 20.3. The van der Waals surface area contributed by atoms with Crippen LogP contribution in [0.5, 0.6) is 0 Å². The average Bonchev–Trinajstić information content (AvgIpc) is 2.87. The van der Waals surface area contributed by atoms with Gasteiger partial charge in [-0.15, -0.1) is 0 Å². The van der Waals surface area contributed by atoms with Crippen LogP contribution in [0.3, 0.4) is 0 Å². The first kappa shape index (κ1) is 24.5. The van der Waals surface area contributed by atoms with E-state index in [1.807, 2.05) is 41.3 Å². The summed E-state index contributed by atoms with van der Waals surface area (Å²) in [5.74, 6) is 0.396. The monoisotopic (exact) mass is 475 g/mol. The Hall–Kier alpha value is -3.65. The quantitative estimate of drug-likeness (QED) is 0.465. The van der Waals surface area contributed by atoms with Crippen LogP contribution in [0.25, 0.3) is 0 Å². The number of benzene rings is 2. The molecule has 1 fully saturated rings. The number of anilines is 2. The molecule has 2 aromatic carbocycles. The molecule has 184 valence electrons. The van der Waals surface area contributed by atoms with Gasteiger partial charge < -0.3 is 15.5 Å². The van der Waals surface area contributed by atoms with E-state index >= 15 is 0 Å². The average molecular weight is 476 g/mol. The van der Waals surface area contributed by atoms with E-state index in [2.05, 4.69) is 41.6 Å². The topological polar surface area (TPSA) is 99.2 Å². The number of carbonyl (C=O) groups is 1. The third kappa shape index (κ3) is 6.08. The van der Waals surface area contributed by atoms with Gasteiger partial charge in [-0.05, 0) is 48.6 Å². The van der Waals surface area contributed by atoms with Crippen LogP contribution in [-0.2, 0) is 17.8 Å². The Morgan fingerprint density at radius 3 is 2.66 bits per heavy atom. The molecule has 1 aliphatic rings. The molecule has 3 aromatic rings. The van der Waals surface area contributed by atoms with Crippen LogP contribution in [0, 0.1) is 6.92 Å². The molecule has 1 unspecified atom stereocenters. The van der Waals surface area contributed by atoms with Gasteiger partial charge in [0.25, 0.3) is 5.56 Å². The van der Waals surface area contributed by atoms with Gasteiger partial charge in [-0.1, -0.05) is 43.3 Å². The molecular weight excluding hydrogens is 442 g/mol. The van der Waals surface area contributed by atoms with Crippen LogP contribution >= 0.6 is 0 Å². The number of aromatic amines is 1. The van der Waals surface area contributed by atoms with E-state index in [9.17, 15) is 14.4 Å². The van der Waals surface area contributed by atoms with Crippen molar-refractivity contribution in [3.8, 4) is 0 Å². The molecular formula is C27H33N5O3. The summed E-state index contributed by atoms with van der Waals surface area (Å²) in [7, 11) is 0. The number of piperazine rings is 1. The molecule has 8 nitrogen and oxygen atoms in total. The van der Waals surface area contributed by atoms with Gasteiger partial charge in [0.1, 0.15) is 5.82 Å². The van der Waals surface area contributed by atoms with E-state index < -0.39 is 11.2 Å². The van der Waals surface area contributed by atoms with Crippen LogP contribution in [0.15, 0.2) is 64.2 Å². The van der Waals surface area contributed by atoms with Crippen LogP contribution in [0.4, 0.5) is 11.5 Å². The van der Waals surface area contributed by atoms with Gasteiger partial charge in [0.2, 0.25) is 5.91 Å². The molecule has 1 aromatic heterocycles. The van der Waals surface area contributed by atoms with Crippen molar-refractivity contribution in [3.63, 3.8) is 0 Å². The van der Waals surface area contributed by atoms with E-state index in [0.29, 0.717) is 25.3 Å². The van der Waals surface area contributed by atoms with Gasteiger partial charge in [0, 0.05) is 50.4 Å². The van der Waals surface area contributed by atoms with Crippen LogP contribution in [0.2, 0.25) is 0 Å². The van der Waals surface area contributed by atoms with Gasteiger partial charge in [-0.2, -0.15) is 0 Å². The lowest BCUT2D eigenvalue weighted by molar-refractivity contribution is -0.132. The number of H-pyrrole nitrogens is 1. The largest absolute Gasteiger partial charge is 0.342 e. The molecule has 1 amide bonds. The molecule has 0 bridgehead atoms. The molecule has 1 saturated heterocycles. The van der Waals surface area contributed by atoms with Crippen LogP contribution in [-0.4, -0.2) is 40.0 Å². The van der Waals surface area contributed by atoms with E-state index in [1.165, 1.54) is 17.2 Å². The number of aromatic nitrogens is 2. The van der Waals surface area contributed by atoms with Crippen molar-refractivity contribution < 1.29 is 4.79 Å². The summed E-state index contributed by atoms with van der Waals surface area (Å²) in [5.41, 5.74) is 3.51. The minimum Gasteiger partial charge on any atom is -0.342 e. The van der Waals surface area contributed by atoms with Gasteiger partial charge in [0.05, 0.1) is 0 Å². The fraction of sp³-hybridized carbons (Fsp3) is 0.370. The Labute approximate surface area is 205 Å². The molecule has 0 radical (unpaired) electrons. The number of hydrogen-bond acceptors (Lipinski definition) is 5. The third-order valence-electron chi connectivity index (χ3n) is 6.53. The lowest BCUT2D eigenvalue weighted by Crippen LogP contribution is -2.48. The minimum absolute atomic E-state index is 0.0429. The fourth-order valence-corrected chi connectivity index (χ4v) is 4.52. The SMILES string of the molecule is CCc1cc(Nc2cc(=O)n(CCCC(=O)N3CCNC(c4ccccc4)C3)c(=O)[nH]2)ccc1C. The van der Waals surface area contributed by atoms with E-state index in [0.717, 1.165) is 28.8 Å². The second-order valence-corrected chi connectivity index (χ2v) is 8.96. The summed E-state index contributed by atoms with van der Waals surface area (Å²) < 4.78 is 1.15. The molecule has 8 heteroatoms. The molecule has 1 atom stereocenters. The van der Waals surface area contributed by atoms with Crippen LogP contribution in [0.1, 0.15) is 42.5 Å². The first-order chi connectivity index (χ1) is 16.9. The number of rotatable bonds is 8. The molecule has 1 aliphatic heterocycles. The normalized spacial score (nSPS) is 15.7.